The summed E-state index contributed by atoms with van der Waals surface area (Å²) in [6, 6.07) is 19.2. The monoisotopic (exact) mass is 276 g/mol. The van der Waals surface area contributed by atoms with E-state index in [0.717, 1.165) is 18.6 Å². The Kier molecular flexibility index (Phi) is 3.66. The van der Waals surface area contributed by atoms with Gasteiger partial charge in [0.2, 0.25) is 0 Å². The number of benzene rings is 2. The van der Waals surface area contributed by atoms with Crippen molar-refractivity contribution in [2.24, 2.45) is 0 Å². The molecular weight excluding hydrogens is 256 g/mol. The fourth-order valence-corrected chi connectivity index (χ4v) is 3.22. The van der Waals surface area contributed by atoms with E-state index in [2.05, 4.69) is 61.2 Å². The summed E-state index contributed by atoms with van der Waals surface area (Å²) in [7, 11) is 1.70. The second kappa shape index (κ2) is 5.61. The molecule has 0 spiro atoms. The van der Waals surface area contributed by atoms with E-state index in [0.29, 0.717) is 0 Å². The summed E-state index contributed by atoms with van der Waals surface area (Å²) in [5.41, 5.74) is 3.83. The standard InChI is InChI=1S/C20H20O/c1-16-7-6-14-20(15-16,17-8-4-3-5-9-17)18-10-12-19(21-2)13-11-18/h3-13H,1,14-15H2,2H3. The van der Waals surface area contributed by atoms with Crippen molar-refractivity contribution in [1.82, 2.24) is 0 Å². The first kappa shape index (κ1) is 13.7. The third-order valence-electron chi connectivity index (χ3n) is 4.32. The average Bonchev–Trinajstić information content (AvgIpc) is 2.55. The Morgan fingerprint density at radius 3 is 2.24 bits per heavy atom. The van der Waals surface area contributed by atoms with Gasteiger partial charge in [-0.25, -0.2) is 0 Å². The van der Waals surface area contributed by atoms with Gasteiger partial charge in [-0.3, -0.25) is 0 Å². The van der Waals surface area contributed by atoms with Crippen LogP contribution in [-0.2, 0) is 5.41 Å². The molecule has 1 aliphatic carbocycles. The minimum Gasteiger partial charge on any atom is -0.497 e. The Bertz CT molecular complexity index is 652. The number of rotatable bonds is 3. The molecule has 0 aliphatic heterocycles. The molecular formula is C20H20O. The first-order chi connectivity index (χ1) is 10.2. The first-order valence-electron chi connectivity index (χ1n) is 7.29. The van der Waals surface area contributed by atoms with Crippen molar-refractivity contribution in [1.29, 1.82) is 0 Å². The van der Waals surface area contributed by atoms with E-state index in [-0.39, 0.29) is 5.41 Å². The van der Waals surface area contributed by atoms with Crippen LogP contribution >= 0.6 is 0 Å². The van der Waals surface area contributed by atoms with Crippen LogP contribution in [0.2, 0.25) is 0 Å². The SMILES string of the molecule is C=C1C=CCC(c2ccccc2)(c2ccc(OC)cc2)C1. The molecule has 106 valence electrons. The molecule has 0 heterocycles. The van der Waals surface area contributed by atoms with E-state index in [4.69, 9.17) is 4.74 Å². The number of hydrogen-bond donors (Lipinski definition) is 0. The summed E-state index contributed by atoms with van der Waals surface area (Å²) in [6.07, 6.45) is 6.34. The van der Waals surface area contributed by atoms with E-state index in [1.807, 2.05) is 12.1 Å². The van der Waals surface area contributed by atoms with Crippen molar-refractivity contribution in [2.75, 3.05) is 7.11 Å². The fraction of sp³-hybridized carbons (Fsp3) is 0.200. The summed E-state index contributed by atoms with van der Waals surface area (Å²) < 4.78 is 5.28. The topological polar surface area (TPSA) is 9.23 Å². The molecule has 2 aromatic rings. The van der Waals surface area contributed by atoms with E-state index in [1.165, 1.54) is 16.7 Å². The minimum absolute atomic E-state index is 0.0145. The third kappa shape index (κ3) is 2.52. The predicted molar refractivity (Wildman–Crippen MR) is 87.7 cm³/mol. The summed E-state index contributed by atoms with van der Waals surface area (Å²) in [5.74, 6) is 0.895. The second-order valence-electron chi connectivity index (χ2n) is 5.62. The molecule has 1 aliphatic rings. The molecule has 0 fully saturated rings. The van der Waals surface area contributed by atoms with Crippen LogP contribution in [0.1, 0.15) is 24.0 Å². The van der Waals surface area contributed by atoms with Crippen molar-refractivity contribution in [3.05, 3.63) is 90.0 Å². The molecule has 2 aromatic carbocycles. The highest BCUT2D eigenvalue weighted by Gasteiger charge is 2.35. The molecule has 0 amide bonds. The van der Waals surface area contributed by atoms with Gasteiger partial charge < -0.3 is 4.74 Å². The summed E-state index contributed by atoms with van der Waals surface area (Å²) in [6.45, 7) is 4.18. The van der Waals surface area contributed by atoms with Crippen molar-refractivity contribution in [2.45, 2.75) is 18.3 Å². The molecule has 0 aromatic heterocycles. The Balaban J connectivity index is 2.12. The average molecular weight is 276 g/mol. The zero-order valence-corrected chi connectivity index (χ0v) is 12.4. The van der Waals surface area contributed by atoms with E-state index in [9.17, 15) is 0 Å². The molecule has 1 atom stereocenters. The van der Waals surface area contributed by atoms with E-state index >= 15 is 0 Å². The first-order valence-corrected chi connectivity index (χ1v) is 7.29. The molecule has 21 heavy (non-hydrogen) atoms. The van der Waals surface area contributed by atoms with Crippen LogP contribution in [-0.4, -0.2) is 7.11 Å². The number of hydrogen-bond acceptors (Lipinski definition) is 1. The van der Waals surface area contributed by atoms with Gasteiger partial charge in [-0.05, 0) is 36.1 Å². The quantitative estimate of drug-likeness (QED) is 0.775. The predicted octanol–water partition coefficient (Wildman–Crippen LogP) is 4.89. The zero-order valence-electron chi connectivity index (χ0n) is 12.4. The van der Waals surface area contributed by atoms with Crippen LogP contribution in [0.15, 0.2) is 78.9 Å². The molecule has 1 heteroatoms. The van der Waals surface area contributed by atoms with Gasteiger partial charge in [-0.15, -0.1) is 0 Å². The lowest BCUT2D eigenvalue weighted by Gasteiger charge is -2.37. The molecule has 0 saturated carbocycles. The smallest absolute Gasteiger partial charge is 0.118 e. The number of methoxy groups -OCH3 is 1. The molecule has 0 N–H and O–H groups in total. The zero-order chi connectivity index (χ0) is 14.7. The van der Waals surface area contributed by atoms with Gasteiger partial charge in [0, 0.05) is 5.41 Å². The van der Waals surface area contributed by atoms with Gasteiger partial charge in [0.15, 0.2) is 0 Å². The molecule has 3 rings (SSSR count). The van der Waals surface area contributed by atoms with E-state index in [1.54, 1.807) is 7.11 Å². The largest absolute Gasteiger partial charge is 0.497 e. The van der Waals surface area contributed by atoms with Gasteiger partial charge in [-0.2, -0.15) is 0 Å². The maximum Gasteiger partial charge on any atom is 0.118 e. The second-order valence-corrected chi connectivity index (χ2v) is 5.62. The van der Waals surface area contributed by atoms with Crippen LogP contribution in [0, 0.1) is 0 Å². The highest BCUT2D eigenvalue weighted by atomic mass is 16.5. The van der Waals surface area contributed by atoms with Crippen molar-refractivity contribution in [3.8, 4) is 5.75 Å². The molecule has 1 nitrogen and oxygen atoms in total. The summed E-state index contributed by atoms with van der Waals surface area (Å²) >= 11 is 0. The normalized spacial score (nSPS) is 21.3. The lowest BCUT2D eigenvalue weighted by Crippen LogP contribution is -2.29. The highest BCUT2D eigenvalue weighted by Crippen LogP contribution is 2.44. The summed E-state index contributed by atoms with van der Waals surface area (Å²) in [4.78, 5) is 0. The molecule has 0 saturated heterocycles. The lowest BCUT2D eigenvalue weighted by atomic mass is 9.66. The Morgan fingerprint density at radius 2 is 1.62 bits per heavy atom. The van der Waals surface area contributed by atoms with E-state index < -0.39 is 0 Å². The Hall–Kier alpha value is -2.28. The van der Waals surface area contributed by atoms with Crippen molar-refractivity contribution < 1.29 is 4.74 Å². The van der Waals surface area contributed by atoms with Crippen LogP contribution in [0.3, 0.4) is 0 Å². The summed E-state index contributed by atoms with van der Waals surface area (Å²) in [5, 5.41) is 0. The van der Waals surface area contributed by atoms with Gasteiger partial charge in [0.25, 0.3) is 0 Å². The van der Waals surface area contributed by atoms with Crippen LogP contribution in [0.4, 0.5) is 0 Å². The Labute approximate surface area is 126 Å². The van der Waals surface area contributed by atoms with Crippen molar-refractivity contribution in [3.63, 3.8) is 0 Å². The molecule has 0 bridgehead atoms. The highest BCUT2D eigenvalue weighted by molar-refractivity contribution is 5.46. The van der Waals surface area contributed by atoms with Gasteiger partial charge in [-0.1, -0.05) is 66.8 Å². The number of allylic oxidation sites excluding steroid dienone is 3. The maximum absolute atomic E-state index is 5.28. The van der Waals surface area contributed by atoms with Crippen molar-refractivity contribution >= 4 is 0 Å². The Morgan fingerprint density at radius 1 is 0.952 bits per heavy atom. The van der Waals surface area contributed by atoms with Crippen LogP contribution in [0.5, 0.6) is 5.75 Å². The maximum atomic E-state index is 5.28. The molecule has 1 unspecified atom stereocenters. The van der Waals surface area contributed by atoms with Gasteiger partial charge in [0.1, 0.15) is 5.75 Å². The minimum atomic E-state index is -0.0145. The fourth-order valence-electron chi connectivity index (χ4n) is 3.22. The lowest BCUT2D eigenvalue weighted by molar-refractivity contribution is 0.414. The van der Waals surface area contributed by atoms with Gasteiger partial charge in [0.05, 0.1) is 7.11 Å². The van der Waals surface area contributed by atoms with Crippen LogP contribution in [0.25, 0.3) is 0 Å². The third-order valence-corrected chi connectivity index (χ3v) is 4.32. The van der Waals surface area contributed by atoms with Crippen LogP contribution < -0.4 is 4.74 Å². The van der Waals surface area contributed by atoms with Gasteiger partial charge >= 0.3 is 0 Å². The molecule has 0 radical (unpaired) electrons. The number of ether oxygens (including phenoxy) is 1.